The molecule has 0 saturated heterocycles. The van der Waals surface area contributed by atoms with Crippen LogP contribution in [0.4, 0.5) is 0 Å². The van der Waals surface area contributed by atoms with Gasteiger partial charge in [0.05, 0.1) is 0 Å². The fourth-order valence-electron chi connectivity index (χ4n) is 1.67. The standard InChI is InChI=1S/C14H30N2O/c1-12(2)11-15-10-8-6-5-7-9-14(17)16-13(3)4/h12-13,15H,5-11H2,1-4H3,(H,16,17). The van der Waals surface area contributed by atoms with Crippen molar-refractivity contribution in [3.05, 3.63) is 0 Å². The molecule has 17 heavy (non-hydrogen) atoms. The van der Waals surface area contributed by atoms with Gasteiger partial charge in [-0.15, -0.1) is 0 Å². The molecule has 0 aromatic carbocycles. The lowest BCUT2D eigenvalue weighted by molar-refractivity contribution is -0.121. The Hall–Kier alpha value is -0.570. The first-order valence-corrected chi connectivity index (χ1v) is 7.02. The summed E-state index contributed by atoms with van der Waals surface area (Å²) in [6.07, 6.45) is 5.30. The minimum atomic E-state index is 0.193. The zero-order valence-corrected chi connectivity index (χ0v) is 12.0. The Labute approximate surface area is 107 Å². The SMILES string of the molecule is CC(C)CNCCCCCCC(=O)NC(C)C. The minimum Gasteiger partial charge on any atom is -0.354 e. The number of carbonyl (C=O) groups excluding carboxylic acids is 1. The molecule has 0 aromatic rings. The van der Waals surface area contributed by atoms with E-state index in [-0.39, 0.29) is 11.9 Å². The molecule has 2 N–H and O–H groups in total. The Morgan fingerprint density at radius 1 is 1.00 bits per heavy atom. The maximum Gasteiger partial charge on any atom is 0.220 e. The summed E-state index contributed by atoms with van der Waals surface area (Å²) < 4.78 is 0. The van der Waals surface area contributed by atoms with Crippen molar-refractivity contribution in [1.82, 2.24) is 10.6 Å². The summed E-state index contributed by atoms with van der Waals surface area (Å²) in [4.78, 5) is 11.3. The molecular formula is C14H30N2O. The van der Waals surface area contributed by atoms with E-state index in [0.717, 1.165) is 31.8 Å². The molecule has 0 saturated carbocycles. The van der Waals surface area contributed by atoms with Crippen molar-refractivity contribution >= 4 is 5.91 Å². The third-order valence-corrected chi connectivity index (χ3v) is 2.51. The van der Waals surface area contributed by atoms with Gasteiger partial charge >= 0.3 is 0 Å². The molecule has 0 aromatic heterocycles. The molecule has 0 aliphatic heterocycles. The van der Waals surface area contributed by atoms with Crippen molar-refractivity contribution in [3.63, 3.8) is 0 Å². The average molecular weight is 242 g/mol. The Kier molecular flexibility index (Phi) is 10.2. The van der Waals surface area contributed by atoms with E-state index in [1.54, 1.807) is 0 Å². The number of hydrogen-bond acceptors (Lipinski definition) is 2. The van der Waals surface area contributed by atoms with E-state index in [1.807, 2.05) is 13.8 Å². The molecule has 0 unspecified atom stereocenters. The van der Waals surface area contributed by atoms with Crippen LogP contribution in [0.2, 0.25) is 0 Å². The van der Waals surface area contributed by atoms with Crippen molar-refractivity contribution < 1.29 is 4.79 Å². The first-order chi connectivity index (χ1) is 8.02. The lowest BCUT2D eigenvalue weighted by atomic mass is 10.1. The first kappa shape index (κ1) is 16.4. The molecule has 0 heterocycles. The van der Waals surface area contributed by atoms with Gasteiger partial charge in [0.25, 0.3) is 0 Å². The Morgan fingerprint density at radius 3 is 2.24 bits per heavy atom. The molecule has 0 spiro atoms. The van der Waals surface area contributed by atoms with Crippen molar-refractivity contribution in [3.8, 4) is 0 Å². The molecule has 0 aliphatic carbocycles. The fourth-order valence-corrected chi connectivity index (χ4v) is 1.67. The largest absolute Gasteiger partial charge is 0.354 e. The van der Waals surface area contributed by atoms with Crippen LogP contribution in [0.15, 0.2) is 0 Å². The minimum absolute atomic E-state index is 0.193. The van der Waals surface area contributed by atoms with Gasteiger partial charge in [-0.25, -0.2) is 0 Å². The van der Waals surface area contributed by atoms with Crippen LogP contribution < -0.4 is 10.6 Å². The van der Waals surface area contributed by atoms with E-state index in [2.05, 4.69) is 24.5 Å². The Balaban J connectivity index is 3.16. The number of nitrogens with one attached hydrogen (secondary N) is 2. The van der Waals surface area contributed by atoms with Crippen LogP contribution in [0.5, 0.6) is 0 Å². The van der Waals surface area contributed by atoms with Gasteiger partial charge < -0.3 is 10.6 Å². The van der Waals surface area contributed by atoms with Gasteiger partial charge in [-0.2, -0.15) is 0 Å². The topological polar surface area (TPSA) is 41.1 Å². The molecular weight excluding hydrogens is 212 g/mol. The molecule has 0 rings (SSSR count). The van der Waals surface area contributed by atoms with Crippen molar-refractivity contribution in [2.75, 3.05) is 13.1 Å². The van der Waals surface area contributed by atoms with E-state index in [9.17, 15) is 4.79 Å². The smallest absolute Gasteiger partial charge is 0.220 e. The average Bonchev–Trinajstić information content (AvgIpc) is 2.20. The fraction of sp³-hybridized carbons (Fsp3) is 0.929. The quantitative estimate of drug-likeness (QED) is 0.578. The van der Waals surface area contributed by atoms with Gasteiger partial charge in [-0.3, -0.25) is 4.79 Å². The van der Waals surface area contributed by atoms with Crippen LogP contribution >= 0.6 is 0 Å². The lowest BCUT2D eigenvalue weighted by Crippen LogP contribution is -2.29. The molecule has 3 nitrogen and oxygen atoms in total. The highest BCUT2D eigenvalue weighted by Crippen LogP contribution is 2.02. The Morgan fingerprint density at radius 2 is 1.65 bits per heavy atom. The van der Waals surface area contributed by atoms with Gasteiger partial charge in [0.15, 0.2) is 0 Å². The van der Waals surface area contributed by atoms with E-state index in [4.69, 9.17) is 0 Å². The molecule has 0 radical (unpaired) electrons. The van der Waals surface area contributed by atoms with Crippen LogP contribution in [-0.4, -0.2) is 25.0 Å². The summed E-state index contributed by atoms with van der Waals surface area (Å²) in [5.74, 6) is 0.924. The molecule has 0 fully saturated rings. The highest BCUT2D eigenvalue weighted by atomic mass is 16.1. The summed E-state index contributed by atoms with van der Waals surface area (Å²) in [5.41, 5.74) is 0. The number of hydrogen-bond donors (Lipinski definition) is 2. The van der Waals surface area contributed by atoms with Gasteiger partial charge in [0.1, 0.15) is 0 Å². The van der Waals surface area contributed by atoms with Gasteiger partial charge in [-0.05, 0) is 45.7 Å². The number of amides is 1. The second-order valence-electron chi connectivity index (χ2n) is 5.48. The maximum atomic E-state index is 11.3. The number of unbranched alkanes of at least 4 members (excludes halogenated alkanes) is 3. The highest BCUT2D eigenvalue weighted by molar-refractivity contribution is 5.76. The normalized spacial score (nSPS) is 11.2. The predicted octanol–water partition coefficient (Wildman–Crippen LogP) is 2.71. The predicted molar refractivity (Wildman–Crippen MR) is 74.1 cm³/mol. The second-order valence-corrected chi connectivity index (χ2v) is 5.48. The monoisotopic (exact) mass is 242 g/mol. The molecule has 0 bridgehead atoms. The summed E-state index contributed by atoms with van der Waals surface area (Å²) in [6.45, 7) is 10.7. The summed E-state index contributed by atoms with van der Waals surface area (Å²) in [7, 11) is 0. The third kappa shape index (κ3) is 13.4. The van der Waals surface area contributed by atoms with Crippen molar-refractivity contribution in [2.24, 2.45) is 5.92 Å². The molecule has 1 amide bonds. The van der Waals surface area contributed by atoms with Gasteiger partial charge in [-0.1, -0.05) is 26.7 Å². The van der Waals surface area contributed by atoms with Gasteiger partial charge in [0.2, 0.25) is 5.91 Å². The summed E-state index contributed by atoms with van der Waals surface area (Å²) in [6, 6.07) is 0.266. The van der Waals surface area contributed by atoms with Crippen LogP contribution in [0, 0.1) is 5.92 Å². The second kappa shape index (κ2) is 10.6. The molecule has 3 heteroatoms. The van der Waals surface area contributed by atoms with E-state index in [0.29, 0.717) is 6.42 Å². The van der Waals surface area contributed by atoms with Crippen LogP contribution in [-0.2, 0) is 4.79 Å². The summed E-state index contributed by atoms with van der Waals surface area (Å²) >= 11 is 0. The maximum absolute atomic E-state index is 11.3. The van der Waals surface area contributed by atoms with Crippen LogP contribution in [0.1, 0.15) is 59.8 Å². The van der Waals surface area contributed by atoms with Crippen LogP contribution in [0.3, 0.4) is 0 Å². The number of rotatable bonds is 10. The van der Waals surface area contributed by atoms with Crippen molar-refractivity contribution in [2.45, 2.75) is 65.8 Å². The molecule has 0 atom stereocenters. The first-order valence-electron chi connectivity index (χ1n) is 7.02. The summed E-state index contributed by atoms with van der Waals surface area (Å²) in [5, 5.41) is 6.35. The van der Waals surface area contributed by atoms with Crippen LogP contribution in [0.25, 0.3) is 0 Å². The van der Waals surface area contributed by atoms with E-state index >= 15 is 0 Å². The number of carbonyl (C=O) groups is 1. The Bertz CT molecular complexity index is 191. The van der Waals surface area contributed by atoms with E-state index in [1.165, 1.54) is 12.8 Å². The highest BCUT2D eigenvalue weighted by Gasteiger charge is 2.02. The zero-order valence-electron chi connectivity index (χ0n) is 12.0. The van der Waals surface area contributed by atoms with E-state index < -0.39 is 0 Å². The van der Waals surface area contributed by atoms with Crippen molar-refractivity contribution in [1.29, 1.82) is 0 Å². The van der Waals surface area contributed by atoms with Gasteiger partial charge in [0, 0.05) is 12.5 Å². The lowest BCUT2D eigenvalue weighted by Gasteiger charge is -2.08. The molecule has 102 valence electrons. The zero-order chi connectivity index (χ0) is 13.1. The third-order valence-electron chi connectivity index (χ3n) is 2.51. The molecule has 0 aliphatic rings.